The van der Waals surface area contributed by atoms with E-state index in [2.05, 4.69) is 5.16 Å². The fraction of sp³-hybridized carbons (Fsp3) is 0.231. The van der Waals surface area contributed by atoms with Crippen molar-refractivity contribution in [2.45, 2.75) is 6.10 Å². The van der Waals surface area contributed by atoms with Crippen LogP contribution in [0.15, 0.2) is 34.9 Å². The Hall–Kier alpha value is -2.35. The number of carbonyl (C=O) groups is 1. The number of carboxylic acids is 1. The monoisotopic (exact) mass is 309 g/mol. The third-order valence-corrected chi connectivity index (χ3v) is 4.79. The maximum atomic E-state index is 11.1. The van der Waals surface area contributed by atoms with E-state index in [-0.39, 0.29) is 23.4 Å². The molecular formula is C13H11NO6S. The van der Waals surface area contributed by atoms with Gasteiger partial charge in [0.2, 0.25) is 5.76 Å². The van der Waals surface area contributed by atoms with Gasteiger partial charge in [-0.3, -0.25) is 0 Å². The van der Waals surface area contributed by atoms with Gasteiger partial charge in [0, 0.05) is 11.6 Å². The Balaban J connectivity index is 1.78. The number of ether oxygens (including phenoxy) is 1. The van der Waals surface area contributed by atoms with E-state index in [1.165, 1.54) is 6.07 Å². The van der Waals surface area contributed by atoms with Gasteiger partial charge in [0.1, 0.15) is 17.5 Å². The number of aromatic carboxylic acids is 1. The Morgan fingerprint density at radius 3 is 2.71 bits per heavy atom. The number of hydrogen-bond acceptors (Lipinski definition) is 6. The average molecular weight is 309 g/mol. The Kier molecular flexibility index (Phi) is 3.17. The summed E-state index contributed by atoms with van der Waals surface area (Å²) >= 11 is 0. The van der Waals surface area contributed by atoms with Crippen LogP contribution < -0.4 is 4.74 Å². The number of carboxylic acid groups (broad SMARTS) is 1. The molecule has 0 aliphatic carbocycles. The van der Waals surface area contributed by atoms with Gasteiger partial charge in [-0.25, -0.2) is 13.2 Å². The first-order chi connectivity index (χ1) is 9.93. The van der Waals surface area contributed by atoms with Gasteiger partial charge in [-0.05, 0) is 12.1 Å². The summed E-state index contributed by atoms with van der Waals surface area (Å²) in [6, 6.07) is 8.12. The van der Waals surface area contributed by atoms with Crippen molar-refractivity contribution in [3.63, 3.8) is 0 Å². The Bertz CT molecular complexity index is 782. The molecule has 3 rings (SSSR count). The molecule has 2 heterocycles. The number of rotatable bonds is 4. The number of nitrogens with zero attached hydrogens (tertiary/aromatic N) is 1. The second-order valence-electron chi connectivity index (χ2n) is 4.73. The lowest BCUT2D eigenvalue weighted by Gasteiger charge is -2.26. The van der Waals surface area contributed by atoms with E-state index in [1.807, 2.05) is 0 Å². The van der Waals surface area contributed by atoms with Gasteiger partial charge in [-0.1, -0.05) is 17.3 Å². The van der Waals surface area contributed by atoms with E-state index in [9.17, 15) is 13.2 Å². The molecule has 1 N–H and O–H groups in total. The van der Waals surface area contributed by atoms with Gasteiger partial charge in [-0.2, -0.15) is 0 Å². The number of sulfone groups is 1. The molecule has 21 heavy (non-hydrogen) atoms. The van der Waals surface area contributed by atoms with Crippen LogP contribution >= 0.6 is 0 Å². The minimum Gasteiger partial charge on any atom is -0.488 e. The SMILES string of the molecule is O=C(O)c1cc(-c2cccc(OC3CS(=O)(=O)C3)c2)no1. The molecule has 0 unspecified atom stereocenters. The summed E-state index contributed by atoms with van der Waals surface area (Å²) in [6.45, 7) is 0. The first kappa shape index (κ1) is 13.6. The quantitative estimate of drug-likeness (QED) is 0.904. The van der Waals surface area contributed by atoms with Gasteiger partial charge in [0.25, 0.3) is 0 Å². The normalized spacial score (nSPS) is 17.1. The molecule has 1 aromatic carbocycles. The molecule has 0 bridgehead atoms. The van der Waals surface area contributed by atoms with Crippen molar-refractivity contribution in [1.29, 1.82) is 0 Å². The van der Waals surface area contributed by atoms with Crippen LogP contribution in [0.3, 0.4) is 0 Å². The molecule has 1 aliphatic heterocycles. The average Bonchev–Trinajstić information content (AvgIpc) is 2.86. The molecule has 7 nitrogen and oxygen atoms in total. The van der Waals surface area contributed by atoms with Gasteiger partial charge in [-0.15, -0.1) is 0 Å². The molecule has 0 radical (unpaired) electrons. The zero-order chi connectivity index (χ0) is 15.0. The summed E-state index contributed by atoms with van der Waals surface area (Å²) in [6.07, 6.45) is -0.336. The van der Waals surface area contributed by atoms with Gasteiger partial charge < -0.3 is 14.4 Å². The second kappa shape index (κ2) is 4.88. The lowest BCUT2D eigenvalue weighted by atomic mass is 10.1. The van der Waals surface area contributed by atoms with Crippen molar-refractivity contribution in [2.24, 2.45) is 0 Å². The van der Waals surface area contributed by atoms with Crippen molar-refractivity contribution in [1.82, 2.24) is 5.16 Å². The summed E-state index contributed by atoms with van der Waals surface area (Å²) in [5.41, 5.74) is 1.00. The first-order valence-corrected chi connectivity index (χ1v) is 7.93. The lowest BCUT2D eigenvalue weighted by molar-refractivity contribution is 0.0652. The number of benzene rings is 1. The van der Waals surface area contributed by atoms with Gasteiger partial charge in [0.05, 0.1) is 11.5 Å². The van der Waals surface area contributed by atoms with Crippen LogP contribution in [0.2, 0.25) is 0 Å². The smallest absolute Gasteiger partial charge is 0.374 e. The van der Waals surface area contributed by atoms with Crippen LogP contribution in [-0.2, 0) is 9.84 Å². The molecule has 1 aromatic heterocycles. The van der Waals surface area contributed by atoms with Gasteiger partial charge >= 0.3 is 5.97 Å². The highest BCUT2D eigenvalue weighted by Crippen LogP contribution is 2.26. The minimum atomic E-state index is -2.94. The third kappa shape index (κ3) is 2.89. The molecule has 2 aromatic rings. The predicted octanol–water partition coefficient (Wildman–Crippen LogP) is 1.22. The van der Waals surface area contributed by atoms with E-state index >= 15 is 0 Å². The molecule has 0 saturated carbocycles. The first-order valence-electron chi connectivity index (χ1n) is 6.10. The molecule has 8 heteroatoms. The summed E-state index contributed by atoms with van der Waals surface area (Å²) in [4.78, 5) is 10.8. The molecule has 0 amide bonds. The van der Waals surface area contributed by atoms with Crippen molar-refractivity contribution in [3.8, 4) is 17.0 Å². The van der Waals surface area contributed by atoms with E-state index in [1.54, 1.807) is 24.3 Å². The molecule has 110 valence electrons. The molecule has 1 saturated heterocycles. The highest BCUT2D eigenvalue weighted by molar-refractivity contribution is 7.92. The number of aromatic nitrogens is 1. The van der Waals surface area contributed by atoms with E-state index in [0.29, 0.717) is 17.0 Å². The maximum absolute atomic E-state index is 11.1. The zero-order valence-corrected chi connectivity index (χ0v) is 11.5. The molecule has 1 fully saturated rings. The fourth-order valence-electron chi connectivity index (χ4n) is 2.02. The summed E-state index contributed by atoms with van der Waals surface area (Å²) < 4.78 is 32.4. The van der Waals surface area contributed by atoms with Crippen molar-refractivity contribution >= 4 is 15.8 Å². The highest BCUT2D eigenvalue weighted by atomic mass is 32.2. The van der Waals surface area contributed by atoms with Crippen LogP contribution in [0.1, 0.15) is 10.6 Å². The molecule has 0 spiro atoms. The molecule has 1 aliphatic rings. The summed E-state index contributed by atoms with van der Waals surface area (Å²) in [7, 11) is -2.94. The zero-order valence-electron chi connectivity index (χ0n) is 10.7. The van der Waals surface area contributed by atoms with Crippen molar-refractivity contribution < 1.29 is 27.6 Å². The third-order valence-electron chi connectivity index (χ3n) is 3.03. The summed E-state index contributed by atoms with van der Waals surface area (Å²) in [5, 5.41) is 12.5. The van der Waals surface area contributed by atoms with E-state index < -0.39 is 15.8 Å². The van der Waals surface area contributed by atoms with E-state index in [0.717, 1.165) is 0 Å². The van der Waals surface area contributed by atoms with Crippen LogP contribution in [-0.4, -0.2) is 42.3 Å². The maximum Gasteiger partial charge on any atom is 0.374 e. The minimum absolute atomic E-state index is 0.0182. The molecule has 0 atom stereocenters. The van der Waals surface area contributed by atoms with Crippen LogP contribution in [0.5, 0.6) is 5.75 Å². The van der Waals surface area contributed by atoms with Crippen LogP contribution in [0.25, 0.3) is 11.3 Å². The van der Waals surface area contributed by atoms with Crippen LogP contribution in [0, 0.1) is 0 Å². The fourth-order valence-corrected chi connectivity index (χ4v) is 3.19. The Morgan fingerprint density at radius 2 is 2.10 bits per heavy atom. The van der Waals surface area contributed by atoms with Crippen molar-refractivity contribution in [2.75, 3.05) is 11.5 Å². The summed E-state index contributed by atoms with van der Waals surface area (Å²) in [5.74, 6) is -0.899. The van der Waals surface area contributed by atoms with E-state index in [4.69, 9.17) is 14.4 Å². The predicted molar refractivity (Wildman–Crippen MR) is 72.0 cm³/mol. The second-order valence-corrected chi connectivity index (χ2v) is 6.88. The number of hydrogen-bond donors (Lipinski definition) is 1. The van der Waals surface area contributed by atoms with Gasteiger partial charge in [0.15, 0.2) is 9.84 Å². The highest BCUT2D eigenvalue weighted by Gasteiger charge is 2.35. The Labute approximate surface area is 120 Å². The van der Waals surface area contributed by atoms with Crippen LogP contribution in [0.4, 0.5) is 0 Å². The lowest BCUT2D eigenvalue weighted by Crippen LogP contribution is -2.45. The Morgan fingerprint density at radius 1 is 1.33 bits per heavy atom. The standard InChI is InChI=1S/C13H11NO6S/c15-13(16)12-5-11(14-20-12)8-2-1-3-9(4-8)19-10-6-21(17,18)7-10/h1-5,10H,6-7H2,(H,15,16). The molecular weight excluding hydrogens is 298 g/mol. The van der Waals surface area contributed by atoms with Crippen molar-refractivity contribution in [3.05, 3.63) is 36.1 Å². The topological polar surface area (TPSA) is 107 Å². The largest absolute Gasteiger partial charge is 0.488 e.